The minimum atomic E-state index is -3.97. The molecule has 0 atom stereocenters. The van der Waals surface area contributed by atoms with Crippen LogP contribution in [-0.2, 0) is 10.0 Å². The van der Waals surface area contributed by atoms with Crippen LogP contribution in [-0.4, -0.2) is 55.3 Å². The molecule has 0 aliphatic heterocycles. The molecule has 0 bridgehead atoms. The summed E-state index contributed by atoms with van der Waals surface area (Å²) in [6, 6.07) is 5.77. The van der Waals surface area contributed by atoms with Crippen LogP contribution in [0.15, 0.2) is 35.7 Å². The van der Waals surface area contributed by atoms with Gasteiger partial charge in [-0.05, 0) is 24.3 Å². The van der Waals surface area contributed by atoms with Gasteiger partial charge in [-0.15, -0.1) is 17.5 Å². The Bertz CT molecular complexity index is 789. The molecule has 1 amide bonds. The van der Waals surface area contributed by atoms with E-state index in [-0.39, 0.29) is 12.4 Å². The molecular weight excluding hydrogens is 365 g/mol. The first-order valence-electron chi connectivity index (χ1n) is 6.11. The fraction of sp³-hybridized carbons (Fsp3) is 0.250. The number of carbonyl (C=O) groups excluding carboxylic acids is 1. The number of halogens is 2. The molecule has 0 saturated carbocycles. The monoisotopic (exact) mass is 379 g/mol. The normalized spacial score (nSPS) is 10.8. The summed E-state index contributed by atoms with van der Waals surface area (Å²) in [6.07, 6.45) is 1.06. The minimum absolute atomic E-state index is 0. The number of anilines is 1. The Kier molecular flexibility index (Phi) is 5.98. The summed E-state index contributed by atoms with van der Waals surface area (Å²) in [4.78, 5) is 16.7. The third-order valence-electron chi connectivity index (χ3n) is 2.83. The molecule has 8 nitrogen and oxygen atoms in total. The molecule has 1 aromatic carbocycles. The lowest BCUT2D eigenvalue weighted by atomic mass is 10.3. The van der Waals surface area contributed by atoms with Gasteiger partial charge in [-0.1, -0.05) is 11.6 Å². The van der Waals surface area contributed by atoms with Gasteiger partial charge >= 0.3 is 16.1 Å². The van der Waals surface area contributed by atoms with Crippen molar-refractivity contribution in [1.82, 2.24) is 19.7 Å². The maximum Gasteiger partial charge on any atom is 0.345 e. The maximum atomic E-state index is 12.5. The number of nitrogens with zero attached hydrogens (tertiary/aromatic N) is 5. The average Bonchev–Trinajstić information content (AvgIpc) is 2.96. The van der Waals surface area contributed by atoms with E-state index in [4.69, 9.17) is 11.6 Å². The molecule has 23 heavy (non-hydrogen) atoms. The van der Waals surface area contributed by atoms with Crippen molar-refractivity contribution in [3.8, 4) is 0 Å². The molecule has 2 rings (SSSR count). The van der Waals surface area contributed by atoms with Crippen LogP contribution in [0.4, 0.5) is 10.5 Å². The van der Waals surface area contributed by atoms with Crippen LogP contribution in [0.25, 0.3) is 0 Å². The quantitative estimate of drug-likeness (QED) is 0.809. The van der Waals surface area contributed by atoms with E-state index in [2.05, 4.69) is 10.1 Å². The first-order valence-corrected chi connectivity index (χ1v) is 7.93. The fourth-order valence-electron chi connectivity index (χ4n) is 1.58. The van der Waals surface area contributed by atoms with Gasteiger partial charge in [0.2, 0.25) is 0 Å². The van der Waals surface area contributed by atoms with Gasteiger partial charge in [-0.3, -0.25) is 4.31 Å². The van der Waals surface area contributed by atoms with Gasteiger partial charge in [-0.25, -0.2) is 9.78 Å². The van der Waals surface area contributed by atoms with E-state index < -0.39 is 21.2 Å². The zero-order valence-corrected chi connectivity index (χ0v) is 14.9. The van der Waals surface area contributed by atoms with Crippen LogP contribution in [0.3, 0.4) is 0 Å². The number of carbonyl (C=O) groups is 1. The van der Waals surface area contributed by atoms with Gasteiger partial charge in [0.25, 0.3) is 5.16 Å². The highest BCUT2D eigenvalue weighted by atomic mass is 35.5. The number of sulfonamides is 1. The number of hydrogen-bond acceptors (Lipinski definition) is 5. The van der Waals surface area contributed by atoms with Crippen molar-refractivity contribution in [3.63, 3.8) is 0 Å². The van der Waals surface area contributed by atoms with E-state index in [0.717, 1.165) is 15.3 Å². The number of rotatable bonds is 3. The summed E-state index contributed by atoms with van der Waals surface area (Å²) in [5, 5.41) is 3.76. The number of aromatic nitrogens is 3. The predicted octanol–water partition coefficient (Wildman–Crippen LogP) is 1.71. The SMILES string of the molecule is CN(C)C(=O)n1cnc(S(=O)(=O)N(C)c2ccc(Cl)cc2)n1.Cl. The summed E-state index contributed by atoms with van der Waals surface area (Å²) >= 11 is 5.78. The second-order valence-electron chi connectivity index (χ2n) is 4.60. The lowest BCUT2D eigenvalue weighted by Crippen LogP contribution is -2.30. The summed E-state index contributed by atoms with van der Waals surface area (Å²) in [5.41, 5.74) is 0.402. The third kappa shape index (κ3) is 3.92. The van der Waals surface area contributed by atoms with Crippen LogP contribution < -0.4 is 4.31 Å². The molecule has 0 fully saturated rings. The zero-order chi connectivity index (χ0) is 16.5. The second kappa shape index (κ2) is 7.16. The van der Waals surface area contributed by atoms with Crippen molar-refractivity contribution in [1.29, 1.82) is 0 Å². The van der Waals surface area contributed by atoms with Gasteiger partial charge < -0.3 is 4.90 Å². The number of amides is 1. The van der Waals surface area contributed by atoms with Crippen molar-refractivity contribution in [2.24, 2.45) is 0 Å². The van der Waals surface area contributed by atoms with Crippen LogP contribution in [0.2, 0.25) is 5.02 Å². The van der Waals surface area contributed by atoms with Gasteiger partial charge in [0.1, 0.15) is 6.33 Å². The summed E-state index contributed by atoms with van der Waals surface area (Å²) in [6.45, 7) is 0. The molecule has 0 unspecified atom stereocenters. The summed E-state index contributed by atoms with van der Waals surface area (Å²) in [5.74, 6) is 0. The van der Waals surface area contributed by atoms with Gasteiger partial charge in [0.15, 0.2) is 0 Å². The third-order valence-corrected chi connectivity index (χ3v) is 4.66. The molecule has 11 heteroatoms. The number of hydrogen-bond donors (Lipinski definition) is 0. The Labute approximate surface area is 145 Å². The molecule has 1 heterocycles. The average molecular weight is 380 g/mol. The van der Waals surface area contributed by atoms with E-state index in [0.29, 0.717) is 10.7 Å². The molecule has 0 radical (unpaired) electrons. The van der Waals surface area contributed by atoms with Crippen LogP contribution in [0.5, 0.6) is 0 Å². The van der Waals surface area contributed by atoms with Crippen molar-refractivity contribution in [2.75, 3.05) is 25.4 Å². The first-order chi connectivity index (χ1) is 10.2. The fourth-order valence-corrected chi connectivity index (χ4v) is 2.72. The predicted molar refractivity (Wildman–Crippen MR) is 88.8 cm³/mol. The lowest BCUT2D eigenvalue weighted by molar-refractivity contribution is 0.215. The van der Waals surface area contributed by atoms with Crippen LogP contribution in [0.1, 0.15) is 0 Å². The standard InChI is InChI=1S/C12H14ClN5O3S.ClH/c1-16(2)12(19)18-8-14-11(15-18)22(20,21)17(3)10-6-4-9(13)5-7-10;/h4-8H,1-3H3;1H. The Hall–Kier alpha value is -1.84. The van der Waals surface area contributed by atoms with Gasteiger partial charge in [0, 0.05) is 26.2 Å². The molecule has 0 spiro atoms. The molecule has 2 aromatic rings. The minimum Gasteiger partial charge on any atom is -0.329 e. The highest BCUT2D eigenvalue weighted by molar-refractivity contribution is 7.92. The van der Waals surface area contributed by atoms with Crippen molar-refractivity contribution >= 4 is 45.7 Å². The lowest BCUT2D eigenvalue weighted by Gasteiger charge is -2.17. The molecule has 1 aromatic heterocycles. The topological polar surface area (TPSA) is 88.4 Å². The van der Waals surface area contributed by atoms with E-state index in [9.17, 15) is 13.2 Å². The zero-order valence-electron chi connectivity index (χ0n) is 12.5. The maximum absolute atomic E-state index is 12.5. The number of benzene rings is 1. The van der Waals surface area contributed by atoms with Crippen molar-refractivity contribution < 1.29 is 13.2 Å². The first kappa shape index (κ1) is 19.2. The molecule has 0 saturated heterocycles. The molecule has 0 N–H and O–H groups in total. The van der Waals surface area contributed by atoms with E-state index in [1.54, 1.807) is 24.3 Å². The van der Waals surface area contributed by atoms with E-state index in [1.165, 1.54) is 26.0 Å². The van der Waals surface area contributed by atoms with E-state index >= 15 is 0 Å². The molecule has 126 valence electrons. The molecule has 0 aliphatic rings. The van der Waals surface area contributed by atoms with Gasteiger partial charge in [0.05, 0.1) is 5.69 Å². The Morgan fingerprint density at radius 1 is 1.17 bits per heavy atom. The van der Waals surface area contributed by atoms with Crippen LogP contribution in [0, 0.1) is 0 Å². The Morgan fingerprint density at radius 2 is 1.74 bits per heavy atom. The largest absolute Gasteiger partial charge is 0.345 e. The highest BCUT2D eigenvalue weighted by Gasteiger charge is 2.27. The highest BCUT2D eigenvalue weighted by Crippen LogP contribution is 2.21. The van der Waals surface area contributed by atoms with Crippen LogP contribution >= 0.6 is 24.0 Å². The molecule has 0 aliphatic carbocycles. The second-order valence-corrected chi connectivity index (χ2v) is 6.90. The molecular formula is C12H15Cl2N5O3S. The smallest absolute Gasteiger partial charge is 0.329 e. The van der Waals surface area contributed by atoms with Crippen molar-refractivity contribution in [3.05, 3.63) is 35.6 Å². The van der Waals surface area contributed by atoms with Crippen molar-refractivity contribution in [2.45, 2.75) is 5.16 Å². The Morgan fingerprint density at radius 3 is 2.26 bits per heavy atom. The Balaban J connectivity index is 0.00000264. The van der Waals surface area contributed by atoms with Gasteiger partial charge in [-0.2, -0.15) is 13.1 Å². The summed E-state index contributed by atoms with van der Waals surface area (Å²) in [7, 11) is 0.453. The van der Waals surface area contributed by atoms with E-state index in [1.807, 2.05) is 0 Å². The summed E-state index contributed by atoms with van der Waals surface area (Å²) < 4.78 is 26.8.